The summed E-state index contributed by atoms with van der Waals surface area (Å²) in [4.78, 5) is 26.7. The highest BCUT2D eigenvalue weighted by molar-refractivity contribution is 6.31. The Morgan fingerprint density at radius 1 is 1.27 bits per heavy atom. The molecule has 142 valence electrons. The van der Waals surface area contributed by atoms with E-state index in [0.29, 0.717) is 23.7 Å². The number of hydrogen-bond donors (Lipinski definition) is 0. The molecule has 1 fully saturated rings. The van der Waals surface area contributed by atoms with Crippen LogP contribution in [0.4, 0.5) is 4.79 Å². The first-order valence-corrected chi connectivity index (χ1v) is 9.53. The molecular formula is C20H26ClNO4. The fourth-order valence-corrected chi connectivity index (χ4v) is 3.95. The number of nitrogens with zero attached hydrogens (tertiary/aromatic N) is 1. The molecule has 2 bridgehead atoms. The van der Waals surface area contributed by atoms with E-state index in [-0.39, 0.29) is 30.4 Å². The fraction of sp³-hybridized carbons (Fsp3) is 0.600. The number of Topliss-reactive ketones (excluding diaryl/α,β-unsaturated/α-hetero) is 1. The Morgan fingerprint density at radius 2 is 2.04 bits per heavy atom. The number of hydrogen-bond acceptors (Lipinski definition) is 4. The Balaban J connectivity index is 1.92. The Hall–Kier alpha value is -1.59. The van der Waals surface area contributed by atoms with Gasteiger partial charge in [0.25, 0.3) is 0 Å². The molecule has 2 atom stereocenters. The van der Waals surface area contributed by atoms with E-state index in [9.17, 15) is 9.59 Å². The van der Waals surface area contributed by atoms with E-state index >= 15 is 0 Å². The maximum absolute atomic E-state index is 12.7. The average molecular weight is 380 g/mol. The van der Waals surface area contributed by atoms with Crippen LogP contribution in [0.25, 0.3) is 0 Å². The maximum atomic E-state index is 12.7. The van der Waals surface area contributed by atoms with Crippen molar-refractivity contribution in [2.24, 2.45) is 0 Å². The van der Waals surface area contributed by atoms with Crippen molar-refractivity contribution in [2.45, 2.75) is 57.6 Å². The van der Waals surface area contributed by atoms with Crippen molar-refractivity contribution in [3.8, 4) is 0 Å². The van der Waals surface area contributed by atoms with Crippen LogP contribution in [-0.4, -0.2) is 48.2 Å². The van der Waals surface area contributed by atoms with Gasteiger partial charge in [0.05, 0.1) is 6.61 Å². The van der Waals surface area contributed by atoms with Gasteiger partial charge in [-0.15, -0.1) is 0 Å². The first-order chi connectivity index (χ1) is 12.2. The van der Waals surface area contributed by atoms with Crippen LogP contribution in [0.2, 0.25) is 5.02 Å². The molecule has 0 N–H and O–H groups in total. The van der Waals surface area contributed by atoms with Gasteiger partial charge < -0.3 is 14.4 Å². The van der Waals surface area contributed by atoms with Crippen LogP contribution in [0.15, 0.2) is 18.2 Å². The Bertz CT molecular complexity index is 698. The molecule has 26 heavy (non-hydrogen) atoms. The summed E-state index contributed by atoms with van der Waals surface area (Å²) in [5.74, 6) is -0.104. The van der Waals surface area contributed by atoms with Crippen LogP contribution >= 0.6 is 11.6 Å². The highest BCUT2D eigenvalue weighted by atomic mass is 35.5. The number of piperidine rings is 1. The molecule has 0 spiro atoms. The van der Waals surface area contributed by atoms with Crippen LogP contribution in [0.5, 0.6) is 0 Å². The van der Waals surface area contributed by atoms with Crippen LogP contribution in [0, 0.1) is 0 Å². The van der Waals surface area contributed by atoms with Crippen LogP contribution in [0.1, 0.15) is 61.9 Å². The molecule has 1 aromatic carbocycles. The van der Waals surface area contributed by atoms with E-state index in [0.717, 1.165) is 24.8 Å². The van der Waals surface area contributed by atoms with Gasteiger partial charge in [-0.25, -0.2) is 4.79 Å². The molecule has 0 aliphatic carbocycles. The topological polar surface area (TPSA) is 55.8 Å². The number of halogens is 1. The molecule has 1 aromatic rings. The lowest BCUT2D eigenvalue weighted by atomic mass is 9.84. The second-order valence-corrected chi connectivity index (χ2v) is 8.49. The van der Waals surface area contributed by atoms with Gasteiger partial charge in [-0.1, -0.05) is 11.6 Å². The zero-order chi connectivity index (χ0) is 18.9. The van der Waals surface area contributed by atoms with E-state index in [4.69, 9.17) is 21.1 Å². The number of fused-ring (bicyclic) bond motifs is 2. The quantitative estimate of drug-likeness (QED) is 0.724. The number of likely N-dealkylation sites (tertiary alicyclic amines) is 1. The number of carbonyl (C=O) groups is 2. The summed E-state index contributed by atoms with van der Waals surface area (Å²) in [6.45, 7) is 6.71. The summed E-state index contributed by atoms with van der Waals surface area (Å²) < 4.78 is 11.3. The lowest BCUT2D eigenvalue weighted by molar-refractivity contribution is -0.000356. The van der Waals surface area contributed by atoms with E-state index in [1.165, 1.54) is 0 Å². The minimum Gasteiger partial charge on any atom is -0.444 e. The number of benzene rings is 1. The van der Waals surface area contributed by atoms with E-state index in [1.54, 1.807) is 6.07 Å². The van der Waals surface area contributed by atoms with Crippen molar-refractivity contribution in [3.05, 3.63) is 34.3 Å². The van der Waals surface area contributed by atoms with Crippen LogP contribution < -0.4 is 0 Å². The Kier molecular flexibility index (Phi) is 5.58. The van der Waals surface area contributed by atoms with Gasteiger partial charge in [0.1, 0.15) is 12.2 Å². The third kappa shape index (κ3) is 4.38. The predicted molar refractivity (Wildman–Crippen MR) is 99.9 cm³/mol. The zero-order valence-corrected chi connectivity index (χ0v) is 16.3. The Morgan fingerprint density at radius 3 is 2.77 bits per heavy atom. The SMILES string of the molecule is CC(C)(C)OC(=O)N1CCCCC1C1COCC(=O)c2cc(Cl)cc1c2. The van der Waals surface area contributed by atoms with Crippen molar-refractivity contribution in [3.63, 3.8) is 0 Å². The van der Waals surface area contributed by atoms with Gasteiger partial charge in [-0.3, -0.25) is 4.79 Å². The van der Waals surface area contributed by atoms with Crippen molar-refractivity contribution in [1.82, 2.24) is 4.90 Å². The highest BCUT2D eigenvalue weighted by Crippen LogP contribution is 2.34. The molecule has 1 amide bonds. The van der Waals surface area contributed by atoms with Gasteiger partial charge >= 0.3 is 6.09 Å². The number of ether oxygens (including phenoxy) is 2. The molecule has 2 aliphatic rings. The molecular weight excluding hydrogens is 354 g/mol. The number of ketones is 1. The van der Waals surface area contributed by atoms with Gasteiger partial charge in [0.2, 0.25) is 0 Å². The van der Waals surface area contributed by atoms with Gasteiger partial charge in [0, 0.05) is 29.1 Å². The lowest BCUT2D eigenvalue weighted by Gasteiger charge is -2.41. The van der Waals surface area contributed by atoms with Crippen molar-refractivity contribution in [2.75, 3.05) is 19.8 Å². The van der Waals surface area contributed by atoms with Crippen molar-refractivity contribution in [1.29, 1.82) is 0 Å². The monoisotopic (exact) mass is 379 g/mol. The van der Waals surface area contributed by atoms with Gasteiger partial charge in [-0.05, 0) is 63.8 Å². The third-order valence-electron chi connectivity index (χ3n) is 4.84. The second-order valence-electron chi connectivity index (χ2n) is 8.05. The van der Waals surface area contributed by atoms with Crippen molar-refractivity contribution >= 4 is 23.5 Å². The second kappa shape index (κ2) is 7.57. The Labute approximate surface area is 159 Å². The lowest BCUT2D eigenvalue weighted by Crippen LogP contribution is -2.49. The minimum atomic E-state index is -0.536. The van der Waals surface area contributed by atoms with E-state index < -0.39 is 5.60 Å². The standard InChI is InChI=1S/C20H26ClNO4/c1-20(2,3)26-19(24)22-7-5-4-6-17(22)16-11-25-12-18(23)14-8-13(16)9-15(21)10-14/h8-10,16-17H,4-7,11-12H2,1-3H3. The first-order valence-electron chi connectivity index (χ1n) is 9.15. The van der Waals surface area contributed by atoms with Crippen LogP contribution in [0.3, 0.4) is 0 Å². The first kappa shape index (κ1) is 19.2. The van der Waals surface area contributed by atoms with Gasteiger partial charge in [0.15, 0.2) is 5.78 Å². The predicted octanol–water partition coefficient (Wildman–Crippen LogP) is 4.43. The van der Waals surface area contributed by atoms with E-state index in [1.807, 2.05) is 37.8 Å². The molecule has 2 heterocycles. The summed E-state index contributed by atoms with van der Waals surface area (Å²) in [5.41, 5.74) is 0.976. The molecule has 0 radical (unpaired) electrons. The highest BCUT2D eigenvalue weighted by Gasteiger charge is 2.37. The summed E-state index contributed by atoms with van der Waals surface area (Å²) in [5, 5.41) is 0.539. The minimum absolute atomic E-state index is 0.0295. The molecule has 2 unspecified atom stereocenters. The third-order valence-corrected chi connectivity index (χ3v) is 5.06. The number of carbonyl (C=O) groups excluding carboxylic acids is 2. The molecule has 0 saturated carbocycles. The molecule has 0 aromatic heterocycles. The number of amides is 1. The normalized spacial score (nSPS) is 24.0. The van der Waals surface area contributed by atoms with Gasteiger partial charge in [-0.2, -0.15) is 0 Å². The summed E-state index contributed by atoms with van der Waals surface area (Å²) in [6.07, 6.45) is 2.60. The van der Waals surface area contributed by atoms with E-state index in [2.05, 4.69) is 0 Å². The smallest absolute Gasteiger partial charge is 0.410 e. The maximum Gasteiger partial charge on any atom is 0.410 e. The summed E-state index contributed by atoms with van der Waals surface area (Å²) >= 11 is 6.25. The largest absolute Gasteiger partial charge is 0.444 e. The molecule has 2 aliphatic heterocycles. The zero-order valence-electron chi connectivity index (χ0n) is 15.6. The summed E-state index contributed by atoms with van der Waals surface area (Å²) in [7, 11) is 0. The van der Waals surface area contributed by atoms with Crippen molar-refractivity contribution < 1.29 is 19.1 Å². The summed E-state index contributed by atoms with van der Waals surface area (Å²) in [6, 6.07) is 5.41. The number of rotatable bonds is 1. The molecule has 6 heteroatoms. The molecule has 3 rings (SSSR count). The fourth-order valence-electron chi connectivity index (χ4n) is 3.70. The molecule has 5 nitrogen and oxygen atoms in total. The molecule has 1 saturated heterocycles. The van der Waals surface area contributed by atoms with Crippen LogP contribution in [-0.2, 0) is 9.47 Å². The average Bonchev–Trinajstić information content (AvgIpc) is 2.55.